The van der Waals surface area contributed by atoms with E-state index in [1.165, 1.54) is 27.7 Å². The lowest BCUT2D eigenvalue weighted by Gasteiger charge is -2.03. The van der Waals surface area contributed by atoms with E-state index in [2.05, 4.69) is 9.47 Å². The highest BCUT2D eigenvalue weighted by atomic mass is 16.6. The molecule has 0 heterocycles. The summed E-state index contributed by atoms with van der Waals surface area (Å²) in [7, 11) is 0. The SMILES string of the molecule is CC(=O)COC(=O)CCCCCCCCC(=O)OC(C)=O.CC(=O)COC(=O)CCCCCCCCC(=O)OC(C)=O. The molecule has 42 heavy (non-hydrogen) atoms. The van der Waals surface area contributed by atoms with Crippen molar-refractivity contribution in [3.63, 3.8) is 0 Å². The maximum atomic E-state index is 11.2. The number of carbonyl (C=O) groups is 8. The molecule has 0 fully saturated rings. The minimum atomic E-state index is -0.573. The Morgan fingerprint density at radius 2 is 0.595 bits per heavy atom. The van der Waals surface area contributed by atoms with Gasteiger partial charge in [0.2, 0.25) is 0 Å². The maximum absolute atomic E-state index is 11.2. The van der Waals surface area contributed by atoms with E-state index in [0.29, 0.717) is 25.7 Å². The summed E-state index contributed by atoms with van der Waals surface area (Å²) in [5.74, 6) is -3.09. The average Bonchev–Trinajstić information content (AvgIpc) is 2.88. The first-order chi connectivity index (χ1) is 19.8. The number of Topliss-reactive ketones (excluding diaryl/α,β-unsaturated/α-hetero) is 2. The van der Waals surface area contributed by atoms with Crippen molar-refractivity contribution in [1.82, 2.24) is 0 Å². The van der Waals surface area contributed by atoms with Gasteiger partial charge in [-0.1, -0.05) is 51.4 Å². The molecule has 0 spiro atoms. The molecule has 0 saturated heterocycles. The van der Waals surface area contributed by atoms with Crippen LogP contribution in [0.1, 0.15) is 130 Å². The molecule has 0 aliphatic heterocycles. The second-order valence-electron chi connectivity index (χ2n) is 9.90. The average molecular weight is 601 g/mol. The van der Waals surface area contributed by atoms with Gasteiger partial charge in [0.15, 0.2) is 11.6 Å². The van der Waals surface area contributed by atoms with Gasteiger partial charge in [0, 0.05) is 39.5 Å². The fourth-order valence-corrected chi connectivity index (χ4v) is 3.42. The number of rotatable bonds is 22. The molecule has 0 saturated carbocycles. The first kappa shape index (κ1) is 40.7. The second kappa shape index (κ2) is 27.7. The number of carbonyl (C=O) groups excluding carboxylic acids is 8. The standard InChI is InChI=1S/2C15H24O6/c2*1-12(16)11-20-14(18)9-7-5-3-4-6-8-10-15(19)21-13(2)17/h2*3-11H2,1-2H3. The highest BCUT2D eigenvalue weighted by Crippen LogP contribution is 2.11. The van der Waals surface area contributed by atoms with Crippen molar-refractivity contribution in [1.29, 1.82) is 0 Å². The number of ether oxygens (including phenoxy) is 4. The van der Waals surface area contributed by atoms with Crippen molar-refractivity contribution in [2.24, 2.45) is 0 Å². The van der Waals surface area contributed by atoms with Crippen LogP contribution in [-0.4, -0.2) is 60.6 Å². The molecular formula is C30H48O12. The normalized spacial score (nSPS) is 10.0. The van der Waals surface area contributed by atoms with Gasteiger partial charge in [-0.3, -0.25) is 38.4 Å². The van der Waals surface area contributed by atoms with Crippen molar-refractivity contribution in [3.8, 4) is 0 Å². The van der Waals surface area contributed by atoms with Gasteiger partial charge in [-0.05, 0) is 39.5 Å². The molecule has 0 bridgehead atoms. The van der Waals surface area contributed by atoms with Crippen molar-refractivity contribution in [2.75, 3.05) is 13.2 Å². The molecule has 0 aromatic heterocycles. The molecule has 0 unspecified atom stereocenters. The van der Waals surface area contributed by atoms with Crippen LogP contribution in [0.5, 0.6) is 0 Å². The van der Waals surface area contributed by atoms with Crippen molar-refractivity contribution in [2.45, 2.75) is 130 Å². The van der Waals surface area contributed by atoms with Crippen LogP contribution in [0.25, 0.3) is 0 Å². The third-order valence-corrected chi connectivity index (χ3v) is 5.41. The fraction of sp³-hybridized carbons (Fsp3) is 0.733. The molecule has 0 radical (unpaired) electrons. The van der Waals surface area contributed by atoms with E-state index in [1.807, 2.05) is 0 Å². The smallest absolute Gasteiger partial charge is 0.313 e. The van der Waals surface area contributed by atoms with Crippen LogP contribution < -0.4 is 0 Å². The van der Waals surface area contributed by atoms with E-state index in [-0.39, 0.29) is 49.6 Å². The molecule has 0 atom stereocenters. The number of esters is 6. The highest BCUT2D eigenvalue weighted by Gasteiger charge is 2.07. The van der Waals surface area contributed by atoms with E-state index in [4.69, 9.17) is 9.47 Å². The van der Waals surface area contributed by atoms with Gasteiger partial charge in [0.1, 0.15) is 13.2 Å². The van der Waals surface area contributed by atoms with E-state index in [9.17, 15) is 38.4 Å². The Hall–Kier alpha value is -3.44. The number of ketones is 2. The van der Waals surface area contributed by atoms with E-state index < -0.39 is 23.9 Å². The lowest BCUT2D eigenvalue weighted by molar-refractivity contribution is -0.159. The molecule has 0 aromatic rings. The summed E-state index contributed by atoms with van der Waals surface area (Å²) in [5, 5.41) is 0. The summed E-state index contributed by atoms with van der Waals surface area (Å²) in [6, 6.07) is 0. The van der Waals surface area contributed by atoms with Gasteiger partial charge in [-0.2, -0.15) is 0 Å². The van der Waals surface area contributed by atoms with Gasteiger partial charge in [-0.25, -0.2) is 0 Å². The zero-order chi connectivity index (χ0) is 32.2. The predicted molar refractivity (Wildman–Crippen MR) is 151 cm³/mol. The summed E-state index contributed by atoms with van der Waals surface area (Å²) in [6.07, 6.45) is 11.6. The lowest BCUT2D eigenvalue weighted by atomic mass is 10.1. The van der Waals surface area contributed by atoms with E-state index in [1.54, 1.807) is 0 Å². The van der Waals surface area contributed by atoms with Crippen LogP contribution in [-0.2, 0) is 57.3 Å². The third-order valence-electron chi connectivity index (χ3n) is 5.41. The van der Waals surface area contributed by atoms with Gasteiger partial charge in [0.25, 0.3) is 0 Å². The summed E-state index contributed by atoms with van der Waals surface area (Å²) in [6.45, 7) is 4.88. The minimum Gasteiger partial charge on any atom is -0.458 e. The third kappa shape index (κ3) is 34.6. The molecule has 240 valence electrons. The summed E-state index contributed by atoms with van der Waals surface area (Å²) >= 11 is 0. The quantitative estimate of drug-likeness (QED) is 0.0729. The van der Waals surface area contributed by atoms with Gasteiger partial charge >= 0.3 is 35.8 Å². The first-order valence-electron chi connectivity index (χ1n) is 14.6. The maximum Gasteiger partial charge on any atom is 0.313 e. The molecule has 0 aromatic carbocycles. The van der Waals surface area contributed by atoms with Crippen molar-refractivity contribution in [3.05, 3.63) is 0 Å². The molecule has 12 heteroatoms. The predicted octanol–water partition coefficient (Wildman–Crippen LogP) is 4.66. The van der Waals surface area contributed by atoms with Crippen LogP contribution in [0, 0.1) is 0 Å². The van der Waals surface area contributed by atoms with Crippen LogP contribution in [0.3, 0.4) is 0 Å². The Kier molecular flexibility index (Phi) is 26.9. The second-order valence-corrected chi connectivity index (χ2v) is 9.90. The van der Waals surface area contributed by atoms with Gasteiger partial charge < -0.3 is 18.9 Å². The van der Waals surface area contributed by atoms with Crippen molar-refractivity contribution < 1.29 is 57.3 Å². The Morgan fingerprint density at radius 1 is 0.357 bits per heavy atom. The van der Waals surface area contributed by atoms with Crippen molar-refractivity contribution >= 4 is 47.4 Å². The van der Waals surface area contributed by atoms with Gasteiger partial charge in [0.05, 0.1) is 0 Å². The lowest BCUT2D eigenvalue weighted by Crippen LogP contribution is -2.10. The van der Waals surface area contributed by atoms with Crippen LogP contribution in [0.15, 0.2) is 0 Å². The Balaban J connectivity index is 0. The summed E-state index contributed by atoms with van der Waals surface area (Å²) in [4.78, 5) is 86.7. The topological polar surface area (TPSA) is 173 Å². The molecule has 12 nitrogen and oxygen atoms in total. The Bertz CT molecular complexity index is 792. The number of unbranched alkanes of at least 4 members (excludes halogenated alkanes) is 10. The first-order valence-corrected chi connectivity index (χ1v) is 14.6. The number of hydrogen-bond acceptors (Lipinski definition) is 12. The minimum absolute atomic E-state index is 0.144. The Morgan fingerprint density at radius 3 is 0.833 bits per heavy atom. The molecule has 0 N–H and O–H groups in total. The molecule has 0 aliphatic rings. The van der Waals surface area contributed by atoms with Crippen LogP contribution in [0.2, 0.25) is 0 Å². The highest BCUT2D eigenvalue weighted by molar-refractivity contribution is 5.84. The molecule has 0 amide bonds. The summed E-state index contributed by atoms with van der Waals surface area (Å²) < 4.78 is 18.3. The van der Waals surface area contributed by atoms with E-state index in [0.717, 1.165) is 64.2 Å². The van der Waals surface area contributed by atoms with Crippen LogP contribution in [0.4, 0.5) is 0 Å². The largest absolute Gasteiger partial charge is 0.458 e. The van der Waals surface area contributed by atoms with Gasteiger partial charge in [-0.15, -0.1) is 0 Å². The summed E-state index contributed by atoms with van der Waals surface area (Å²) in [5.41, 5.74) is 0. The monoisotopic (exact) mass is 600 g/mol. The zero-order valence-corrected chi connectivity index (χ0v) is 25.6. The molecule has 0 rings (SSSR count). The molecule has 0 aliphatic carbocycles. The zero-order valence-electron chi connectivity index (χ0n) is 25.6. The van der Waals surface area contributed by atoms with E-state index >= 15 is 0 Å². The molecular weight excluding hydrogens is 552 g/mol. The Labute approximate surface area is 248 Å². The fourth-order valence-electron chi connectivity index (χ4n) is 3.42. The van der Waals surface area contributed by atoms with Crippen LogP contribution >= 0.6 is 0 Å². The number of hydrogen-bond donors (Lipinski definition) is 0.